The number of fused-ring (bicyclic) bond motifs is 1. The van der Waals surface area contributed by atoms with E-state index in [0.29, 0.717) is 0 Å². The molecule has 0 bridgehead atoms. The molecule has 1 fully saturated rings. The van der Waals surface area contributed by atoms with Gasteiger partial charge in [-0.2, -0.15) is 0 Å². The third kappa shape index (κ3) is 3.11. The summed E-state index contributed by atoms with van der Waals surface area (Å²) in [5.74, 6) is 0. The summed E-state index contributed by atoms with van der Waals surface area (Å²) >= 11 is 0. The molecule has 2 aliphatic rings. The van der Waals surface area contributed by atoms with Gasteiger partial charge >= 0.3 is 0 Å². The zero-order valence-electron chi connectivity index (χ0n) is 12.1. The molecule has 19 heavy (non-hydrogen) atoms. The summed E-state index contributed by atoms with van der Waals surface area (Å²) in [7, 11) is 0. The SMILES string of the molecule is CCCCN(Cc1cccc2c1CCCN2)C1CC1. The van der Waals surface area contributed by atoms with E-state index in [4.69, 9.17) is 0 Å². The maximum absolute atomic E-state index is 3.55. The Morgan fingerprint density at radius 1 is 1.32 bits per heavy atom. The number of hydrogen-bond acceptors (Lipinski definition) is 2. The van der Waals surface area contributed by atoms with Gasteiger partial charge in [0.2, 0.25) is 0 Å². The molecule has 0 radical (unpaired) electrons. The molecule has 0 amide bonds. The van der Waals surface area contributed by atoms with Crippen LogP contribution in [0.15, 0.2) is 18.2 Å². The molecule has 1 N–H and O–H groups in total. The van der Waals surface area contributed by atoms with Gasteiger partial charge in [-0.05, 0) is 55.8 Å². The monoisotopic (exact) mass is 258 g/mol. The molecule has 0 spiro atoms. The molecule has 2 nitrogen and oxygen atoms in total. The van der Waals surface area contributed by atoms with E-state index in [0.717, 1.165) is 19.1 Å². The lowest BCUT2D eigenvalue weighted by Crippen LogP contribution is -2.27. The molecular weight excluding hydrogens is 232 g/mol. The number of hydrogen-bond donors (Lipinski definition) is 1. The second kappa shape index (κ2) is 5.96. The smallest absolute Gasteiger partial charge is 0.0375 e. The summed E-state index contributed by atoms with van der Waals surface area (Å²) < 4.78 is 0. The average Bonchev–Trinajstić information content (AvgIpc) is 3.28. The Morgan fingerprint density at radius 2 is 2.21 bits per heavy atom. The van der Waals surface area contributed by atoms with Crippen LogP contribution < -0.4 is 5.32 Å². The van der Waals surface area contributed by atoms with Crippen LogP contribution >= 0.6 is 0 Å². The lowest BCUT2D eigenvalue weighted by Gasteiger charge is -2.26. The Hall–Kier alpha value is -1.02. The molecule has 104 valence electrons. The molecular formula is C17H26N2. The first kappa shape index (κ1) is 13.0. The zero-order chi connectivity index (χ0) is 13.1. The van der Waals surface area contributed by atoms with Crippen molar-refractivity contribution in [2.75, 3.05) is 18.4 Å². The quantitative estimate of drug-likeness (QED) is 0.834. The molecule has 1 heterocycles. The predicted octanol–water partition coefficient (Wildman–Crippen LogP) is 3.81. The van der Waals surface area contributed by atoms with E-state index in [-0.39, 0.29) is 0 Å². The van der Waals surface area contributed by atoms with Crippen molar-refractivity contribution in [2.45, 2.75) is 58.0 Å². The summed E-state index contributed by atoms with van der Waals surface area (Å²) in [6, 6.07) is 7.68. The molecule has 0 aromatic heterocycles. The number of rotatable bonds is 6. The fraction of sp³-hybridized carbons (Fsp3) is 0.647. The fourth-order valence-corrected chi connectivity index (χ4v) is 3.14. The van der Waals surface area contributed by atoms with Crippen molar-refractivity contribution in [2.24, 2.45) is 0 Å². The lowest BCUT2D eigenvalue weighted by molar-refractivity contribution is 0.250. The van der Waals surface area contributed by atoms with Gasteiger partial charge in [0.05, 0.1) is 0 Å². The van der Waals surface area contributed by atoms with E-state index in [1.807, 2.05) is 0 Å². The maximum atomic E-state index is 3.55. The fourth-order valence-electron chi connectivity index (χ4n) is 3.14. The average molecular weight is 258 g/mol. The molecule has 1 aliphatic heterocycles. The Kier molecular flexibility index (Phi) is 4.07. The van der Waals surface area contributed by atoms with Crippen LogP contribution in [0.4, 0.5) is 5.69 Å². The minimum absolute atomic E-state index is 0.874. The minimum atomic E-state index is 0.874. The van der Waals surface area contributed by atoms with E-state index >= 15 is 0 Å². The molecule has 0 unspecified atom stereocenters. The first-order chi connectivity index (χ1) is 9.38. The van der Waals surface area contributed by atoms with Crippen LogP contribution in [-0.4, -0.2) is 24.0 Å². The van der Waals surface area contributed by atoms with E-state index < -0.39 is 0 Å². The van der Waals surface area contributed by atoms with Gasteiger partial charge in [0.25, 0.3) is 0 Å². The van der Waals surface area contributed by atoms with E-state index in [2.05, 4.69) is 35.3 Å². The van der Waals surface area contributed by atoms with Crippen molar-refractivity contribution in [1.29, 1.82) is 0 Å². The Morgan fingerprint density at radius 3 is 3.00 bits per heavy atom. The van der Waals surface area contributed by atoms with Gasteiger partial charge in [0, 0.05) is 24.8 Å². The highest BCUT2D eigenvalue weighted by Crippen LogP contribution is 2.31. The van der Waals surface area contributed by atoms with Crippen molar-refractivity contribution in [3.05, 3.63) is 29.3 Å². The Balaban J connectivity index is 1.73. The highest BCUT2D eigenvalue weighted by molar-refractivity contribution is 5.56. The van der Waals surface area contributed by atoms with Crippen molar-refractivity contribution in [3.8, 4) is 0 Å². The van der Waals surface area contributed by atoms with E-state index in [1.165, 1.54) is 50.8 Å². The van der Waals surface area contributed by atoms with Crippen LogP contribution in [0.25, 0.3) is 0 Å². The van der Waals surface area contributed by atoms with Crippen LogP contribution in [0.3, 0.4) is 0 Å². The van der Waals surface area contributed by atoms with Gasteiger partial charge in [-0.1, -0.05) is 25.5 Å². The molecule has 2 heteroatoms. The van der Waals surface area contributed by atoms with Crippen LogP contribution in [0, 0.1) is 0 Å². The minimum Gasteiger partial charge on any atom is -0.385 e. The first-order valence-electron chi connectivity index (χ1n) is 7.97. The zero-order valence-corrected chi connectivity index (χ0v) is 12.1. The standard InChI is InChI=1S/C17H26N2/c1-2-3-12-19(15-9-10-15)13-14-6-4-8-17-16(14)7-5-11-18-17/h4,6,8,15,18H,2-3,5,7,9-13H2,1H3. The highest BCUT2D eigenvalue weighted by Gasteiger charge is 2.29. The van der Waals surface area contributed by atoms with Crippen LogP contribution in [-0.2, 0) is 13.0 Å². The summed E-state index contributed by atoms with van der Waals surface area (Å²) in [5, 5.41) is 3.55. The van der Waals surface area contributed by atoms with E-state index in [9.17, 15) is 0 Å². The molecule has 0 atom stereocenters. The topological polar surface area (TPSA) is 15.3 Å². The summed E-state index contributed by atoms with van der Waals surface area (Å²) in [5.41, 5.74) is 4.53. The van der Waals surface area contributed by atoms with Gasteiger partial charge < -0.3 is 5.32 Å². The number of anilines is 1. The van der Waals surface area contributed by atoms with Gasteiger partial charge in [-0.15, -0.1) is 0 Å². The van der Waals surface area contributed by atoms with Crippen LogP contribution in [0.5, 0.6) is 0 Å². The van der Waals surface area contributed by atoms with Crippen LogP contribution in [0.1, 0.15) is 50.2 Å². The third-order valence-corrected chi connectivity index (χ3v) is 4.43. The van der Waals surface area contributed by atoms with Crippen molar-refractivity contribution < 1.29 is 0 Å². The Bertz CT molecular complexity index is 423. The first-order valence-corrected chi connectivity index (χ1v) is 7.97. The highest BCUT2D eigenvalue weighted by atomic mass is 15.2. The number of nitrogens with zero attached hydrogens (tertiary/aromatic N) is 1. The maximum Gasteiger partial charge on any atom is 0.0375 e. The molecule has 1 aromatic rings. The lowest BCUT2D eigenvalue weighted by atomic mass is 9.97. The summed E-state index contributed by atoms with van der Waals surface area (Å²) in [6.45, 7) is 5.87. The van der Waals surface area contributed by atoms with Gasteiger partial charge in [0.1, 0.15) is 0 Å². The number of unbranched alkanes of at least 4 members (excludes halogenated alkanes) is 1. The van der Waals surface area contributed by atoms with Gasteiger partial charge in [-0.3, -0.25) is 4.90 Å². The van der Waals surface area contributed by atoms with Gasteiger partial charge in [0.15, 0.2) is 0 Å². The molecule has 0 saturated heterocycles. The number of nitrogens with one attached hydrogen (secondary N) is 1. The summed E-state index contributed by atoms with van der Waals surface area (Å²) in [4.78, 5) is 2.72. The number of benzene rings is 1. The van der Waals surface area contributed by atoms with Crippen molar-refractivity contribution >= 4 is 5.69 Å². The normalized spacial score (nSPS) is 18.2. The Labute approximate surface area is 117 Å². The second-order valence-corrected chi connectivity index (χ2v) is 6.03. The van der Waals surface area contributed by atoms with Crippen LogP contribution in [0.2, 0.25) is 0 Å². The molecule has 1 aliphatic carbocycles. The largest absolute Gasteiger partial charge is 0.385 e. The van der Waals surface area contributed by atoms with Crippen molar-refractivity contribution in [1.82, 2.24) is 4.90 Å². The third-order valence-electron chi connectivity index (χ3n) is 4.43. The molecule has 3 rings (SSSR count). The predicted molar refractivity (Wildman–Crippen MR) is 81.6 cm³/mol. The molecule has 1 aromatic carbocycles. The van der Waals surface area contributed by atoms with Gasteiger partial charge in [-0.25, -0.2) is 0 Å². The van der Waals surface area contributed by atoms with E-state index in [1.54, 1.807) is 11.1 Å². The van der Waals surface area contributed by atoms with Crippen molar-refractivity contribution in [3.63, 3.8) is 0 Å². The summed E-state index contributed by atoms with van der Waals surface area (Å²) in [6.07, 6.45) is 8.00. The molecule has 1 saturated carbocycles. The second-order valence-electron chi connectivity index (χ2n) is 6.03.